The number of carbonyl (C=O) groups is 2. The normalized spacial score (nSPS) is 13.6. The quantitative estimate of drug-likeness (QED) is 0.237. The van der Waals surface area contributed by atoms with E-state index in [1.54, 1.807) is 11.1 Å². The zero-order chi connectivity index (χ0) is 26.1. The van der Waals surface area contributed by atoms with Crippen LogP contribution in [0.15, 0.2) is 60.8 Å². The molecule has 0 saturated heterocycles. The van der Waals surface area contributed by atoms with E-state index in [2.05, 4.69) is 9.97 Å². The van der Waals surface area contributed by atoms with Crippen LogP contribution >= 0.6 is 24.2 Å². The van der Waals surface area contributed by atoms with Crippen LogP contribution in [0.5, 0.6) is 0 Å². The number of hydrogen-bond acceptors (Lipinski definition) is 5. The summed E-state index contributed by atoms with van der Waals surface area (Å²) in [7, 11) is 1.35. The summed E-state index contributed by atoms with van der Waals surface area (Å²) in [5, 5.41) is 0.723. The van der Waals surface area contributed by atoms with Gasteiger partial charge in [-0.1, -0.05) is 74.0 Å². The van der Waals surface area contributed by atoms with Crippen LogP contribution in [0.4, 0.5) is 0 Å². The van der Waals surface area contributed by atoms with E-state index < -0.39 is 12.0 Å². The molecule has 0 aliphatic rings. The Bertz CT molecular complexity index is 1140. The molecule has 3 rings (SSSR count). The first-order valence-electron chi connectivity index (χ1n) is 12.2. The molecular formula is C28H34ClN3O3S. The largest absolute Gasteiger partial charge is 0.467 e. The molecule has 0 bridgehead atoms. The van der Waals surface area contributed by atoms with Crippen LogP contribution in [0.25, 0.3) is 0 Å². The van der Waals surface area contributed by atoms with Crippen LogP contribution in [0, 0.1) is 0 Å². The first-order valence-corrected chi connectivity index (χ1v) is 13.1. The van der Waals surface area contributed by atoms with E-state index >= 15 is 0 Å². The van der Waals surface area contributed by atoms with Gasteiger partial charge in [-0.25, -0.2) is 9.78 Å². The van der Waals surface area contributed by atoms with E-state index in [0.717, 1.165) is 22.6 Å². The van der Waals surface area contributed by atoms with E-state index in [1.807, 2.05) is 68.4 Å². The lowest BCUT2D eigenvalue weighted by Crippen LogP contribution is -2.46. The van der Waals surface area contributed by atoms with Crippen molar-refractivity contribution in [1.29, 1.82) is 0 Å². The average Bonchev–Trinajstić information content (AvgIpc) is 3.33. The molecule has 36 heavy (non-hydrogen) atoms. The summed E-state index contributed by atoms with van der Waals surface area (Å²) in [5.74, 6) is 0.217. The zero-order valence-corrected chi connectivity index (χ0v) is 22.6. The maximum Gasteiger partial charge on any atom is 0.328 e. The van der Waals surface area contributed by atoms with Gasteiger partial charge < -0.3 is 14.6 Å². The second kappa shape index (κ2) is 13.5. The van der Waals surface area contributed by atoms with Gasteiger partial charge in [-0.05, 0) is 30.0 Å². The number of amides is 1. The number of rotatable bonds is 12. The molecule has 1 heterocycles. The summed E-state index contributed by atoms with van der Waals surface area (Å²) >= 11 is 11.1. The fraction of sp³-hybridized carbons (Fsp3) is 0.393. The van der Waals surface area contributed by atoms with Crippen LogP contribution in [0.1, 0.15) is 55.3 Å². The van der Waals surface area contributed by atoms with Crippen molar-refractivity contribution in [1.82, 2.24) is 14.9 Å². The van der Waals surface area contributed by atoms with Crippen molar-refractivity contribution >= 4 is 36.1 Å². The molecule has 3 aromatic rings. The molecule has 1 N–H and O–H groups in total. The van der Waals surface area contributed by atoms with Crippen molar-refractivity contribution in [2.24, 2.45) is 0 Å². The summed E-state index contributed by atoms with van der Waals surface area (Å²) in [6, 6.07) is 16.7. The zero-order valence-electron chi connectivity index (χ0n) is 21.0. The highest BCUT2D eigenvalue weighted by Gasteiger charge is 2.31. The standard InChI is InChI=1S/C28H34ClN3O3S/c1-4-10-26(33)32(25(28(34)35-3)15-20-11-6-5-7-12-20)18-22-17-30-27(31-22)23(19(2)36)16-21-13-8-9-14-24(21)29/h5-9,11-14,17,19,23,25,36H,4,10,15-16,18H2,1-3H3,(H,30,31)/t19?,23?,25-/m0/s1. The predicted octanol–water partition coefficient (Wildman–Crippen LogP) is 5.62. The Labute approximate surface area is 223 Å². The number of nitrogens with zero attached hydrogens (tertiary/aromatic N) is 2. The Hall–Kier alpha value is -2.77. The average molecular weight is 528 g/mol. The van der Waals surface area contributed by atoms with Gasteiger partial charge in [0.2, 0.25) is 5.91 Å². The molecule has 192 valence electrons. The Kier molecular flexibility index (Phi) is 10.4. The Morgan fingerprint density at radius 2 is 1.81 bits per heavy atom. The maximum absolute atomic E-state index is 13.2. The molecule has 0 aliphatic heterocycles. The van der Waals surface area contributed by atoms with E-state index in [-0.39, 0.29) is 23.6 Å². The van der Waals surface area contributed by atoms with Crippen molar-refractivity contribution in [2.75, 3.05) is 7.11 Å². The lowest BCUT2D eigenvalue weighted by molar-refractivity contribution is -0.153. The third-order valence-electron chi connectivity index (χ3n) is 6.23. The molecular weight excluding hydrogens is 494 g/mol. The molecule has 0 spiro atoms. The van der Waals surface area contributed by atoms with E-state index in [9.17, 15) is 9.59 Å². The number of nitrogens with one attached hydrogen (secondary N) is 1. The van der Waals surface area contributed by atoms with Crippen molar-refractivity contribution in [3.05, 3.63) is 88.5 Å². The van der Waals surface area contributed by atoms with Gasteiger partial charge >= 0.3 is 5.97 Å². The third-order valence-corrected chi connectivity index (χ3v) is 6.95. The van der Waals surface area contributed by atoms with Gasteiger partial charge in [0.05, 0.1) is 25.5 Å². The van der Waals surface area contributed by atoms with Gasteiger partial charge in [0.1, 0.15) is 11.9 Å². The summed E-state index contributed by atoms with van der Waals surface area (Å²) in [6.45, 7) is 4.19. The lowest BCUT2D eigenvalue weighted by Gasteiger charge is -2.30. The minimum Gasteiger partial charge on any atom is -0.467 e. The van der Waals surface area contributed by atoms with Gasteiger partial charge in [-0.15, -0.1) is 0 Å². The number of thiol groups is 1. The molecule has 1 aromatic heterocycles. The molecule has 0 radical (unpaired) electrons. The fourth-order valence-electron chi connectivity index (χ4n) is 4.25. The molecule has 3 atom stereocenters. The third kappa shape index (κ3) is 7.37. The van der Waals surface area contributed by atoms with Crippen molar-refractivity contribution in [2.45, 2.75) is 63.3 Å². The summed E-state index contributed by atoms with van der Waals surface area (Å²) in [5.41, 5.74) is 2.72. The Morgan fingerprint density at radius 3 is 2.44 bits per heavy atom. The molecule has 8 heteroatoms. The topological polar surface area (TPSA) is 75.3 Å². The van der Waals surface area contributed by atoms with Gasteiger partial charge in [0, 0.05) is 29.0 Å². The second-order valence-corrected chi connectivity index (χ2v) is 10.2. The fourth-order valence-corrected chi connectivity index (χ4v) is 4.71. The van der Waals surface area contributed by atoms with Gasteiger partial charge in [-0.2, -0.15) is 12.6 Å². The van der Waals surface area contributed by atoms with Gasteiger partial charge in [0.25, 0.3) is 0 Å². The Balaban J connectivity index is 1.87. The highest BCUT2D eigenvalue weighted by Crippen LogP contribution is 2.29. The number of H-pyrrole nitrogens is 1. The van der Waals surface area contributed by atoms with E-state index in [1.165, 1.54) is 7.11 Å². The highest BCUT2D eigenvalue weighted by atomic mass is 35.5. The first-order chi connectivity index (χ1) is 17.3. The number of halogens is 1. The lowest BCUT2D eigenvalue weighted by atomic mass is 9.96. The molecule has 2 unspecified atom stereocenters. The molecule has 0 aliphatic carbocycles. The summed E-state index contributed by atoms with van der Waals surface area (Å²) in [4.78, 5) is 35.6. The molecule has 0 fully saturated rings. The number of carbonyl (C=O) groups excluding carboxylic acids is 2. The van der Waals surface area contributed by atoms with Crippen molar-refractivity contribution < 1.29 is 14.3 Å². The second-order valence-electron chi connectivity index (χ2n) is 8.94. The van der Waals surface area contributed by atoms with Gasteiger partial charge in [0.15, 0.2) is 0 Å². The van der Waals surface area contributed by atoms with Crippen LogP contribution in [-0.4, -0.2) is 45.1 Å². The molecule has 0 saturated carbocycles. The number of hydrogen-bond donors (Lipinski definition) is 2. The number of imidazole rings is 1. The van der Waals surface area contributed by atoms with Crippen LogP contribution in [0.3, 0.4) is 0 Å². The first kappa shape index (κ1) is 27.8. The van der Waals surface area contributed by atoms with Crippen molar-refractivity contribution in [3.63, 3.8) is 0 Å². The minimum atomic E-state index is -0.745. The number of benzene rings is 2. The van der Waals surface area contributed by atoms with Crippen molar-refractivity contribution in [3.8, 4) is 0 Å². The summed E-state index contributed by atoms with van der Waals surface area (Å²) in [6.07, 6.45) is 3.79. The number of esters is 1. The molecule has 1 amide bonds. The van der Waals surface area contributed by atoms with Crippen LogP contribution < -0.4 is 0 Å². The molecule has 6 nitrogen and oxygen atoms in total. The number of aromatic amines is 1. The monoisotopic (exact) mass is 527 g/mol. The number of aromatic nitrogens is 2. The van der Waals surface area contributed by atoms with E-state index in [4.69, 9.17) is 29.0 Å². The SMILES string of the molecule is CCCC(=O)N(Cc1cnc(C(Cc2ccccc2Cl)C(C)S)[nH]1)[C@@H](Cc1ccccc1)C(=O)OC. The number of ether oxygens (including phenoxy) is 1. The predicted molar refractivity (Wildman–Crippen MR) is 146 cm³/mol. The summed E-state index contributed by atoms with van der Waals surface area (Å²) < 4.78 is 5.10. The smallest absolute Gasteiger partial charge is 0.328 e. The van der Waals surface area contributed by atoms with Crippen LogP contribution in [-0.2, 0) is 33.7 Å². The Morgan fingerprint density at radius 1 is 1.11 bits per heavy atom. The maximum atomic E-state index is 13.2. The molecule has 2 aromatic carbocycles. The van der Waals surface area contributed by atoms with Gasteiger partial charge in [-0.3, -0.25) is 4.79 Å². The van der Waals surface area contributed by atoms with E-state index in [0.29, 0.717) is 30.7 Å². The minimum absolute atomic E-state index is 0.0116. The van der Waals surface area contributed by atoms with Crippen LogP contribution in [0.2, 0.25) is 5.02 Å². The number of methoxy groups -OCH3 is 1. The highest BCUT2D eigenvalue weighted by molar-refractivity contribution is 7.81.